The highest BCUT2D eigenvalue weighted by Crippen LogP contribution is 2.17. The van der Waals surface area contributed by atoms with Gasteiger partial charge >= 0.3 is 5.97 Å². The fraction of sp³-hybridized carbons (Fsp3) is 0.235. The van der Waals surface area contributed by atoms with Crippen molar-refractivity contribution in [3.05, 3.63) is 59.2 Å². The number of aryl methyl sites for hydroxylation is 2. The van der Waals surface area contributed by atoms with Crippen LogP contribution in [0.1, 0.15) is 21.5 Å². The highest BCUT2D eigenvalue weighted by Gasteiger charge is 2.07. The summed E-state index contributed by atoms with van der Waals surface area (Å²) in [4.78, 5) is 10.9. The van der Waals surface area contributed by atoms with Crippen molar-refractivity contribution in [2.45, 2.75) is 13.8 Å². The quantitative estimate of drug-likeness (QED) is 0.826. The Morgan fingerprint density at radius 1 is 1.00 bits per heavy atom. The fourth-order valence-electron chi connectivity index (χ4n) is 1.99. The lowest BCUT2D eigenvalue weighted by molar-refractivity contribution is 0.0696. The van der Waals surface area contributed by atoms with Crippen molar-refractivity contribution in [2.24, 2.45) is 0 Å². The molecule has 4 nitrogen and oxygen atoms in total. The summed E-state index contributed by atoms with van der Waals surface area (Å²) >= 11 is 0. The molecule has 0 radical (unpaired) electrons. The van der Waals surface area contributed by atoms with E-state index in [1.165, 1.54) is 0 Å². The molecule has 0 aliphatic carbocycles. The predicted molar refractivity (Wildman–Crippen MR) is 80.3 cm³/mol. The molecule has 110 valence electrons. The summed E-state index contributed by atoms with van der Waals surface area (Å²) in [5.74, 6) is 0.531. The number of benzene rings is 2. The predicted octanol–water partition coefficient (Wildman–Crippen LogP) is 3.46. The highest BCUT2D eigenvalue weighted by molar-refractivity contribution is 5.89. The molecule has 0 aliphatic heterocycles. The first-order valence-electron chi connectivity index (χ1n) is 6.72. The van der Waals surface area contributed by atoms with Gasteiger partial charge in [-0.05, 0) is 55.3 Å². The molecule has 2 aromatic carbocycles. The summed E-state index contributed by atoms with van der Waals surface area (Å²) in [5, 5.41) is 8.96. The van der Waals surface area contributed by atoms with Crippen molar-refractivity contribution >= 4 is 5.97 Å². The van der Waals surface area contributed by atoms with E-state index in [2.05, 4.69) is 0 Å². The lowest BCUT2D eigenvalue weighted by Crippen LogP contribution is -2.09. The minimum absolute atomic E-state index is 0.290. The Balaban J connectivity index is 1.84. The number of carboxylic acids is 1. The van der Waals surface area contributed by atoms with Crippen LogP contribution in [-0.4, -0.2) is 24.3 Å². The molecule has 0 aliphatic rings. The molecule has 0 saturated carbocycles. The van der Waals surface area contributed by atoms with Crippen LogP contribution in [0.3, 0.4) is 0 Å². The van der Waals surface area contributed by atoms with Crippen LogP contribution in [0.2, 0.25) is 0 Å². The van der Waals surface area contributed by atoms with Gasteiger partial charge in [0, 0.05) is 0 Å². The summed E-state index contributed by atoms with van der Waals surface area (Å²) in [6.45, 7) is 4.60. The van der Waals surface area contributed by atoms with Crippen LogP contribution in [-0.2, 0) is 0 Å². The van der Waals surface area contributed by atoms with E-state index in [1.54, 1.807) is 25.1 Å². The lowest BCUT2D eigenvalue weighted by Gasteiger charge is -2.10. The van der Waals surface area contributed by atoms with Gasteiger partial charge in [0.15, 0.2) is 0 Å². The topological polar surface area (TPSA) is 55.8 Å². The molecule has 2 aromatic rings. The zero-order chi connectivity index (χ0) is 15.2. The SMILES string of the molecule is Cc1cccc(OCCOc2ccc(C(=O)O)c(C)c2)c1. The zero-order valence-corrected chi connectivity index (χ0v) is 12.1. The summed E-state index contributed by atoms with van der Waals surface area (Å²) < 4.78 is 11.1. The second-order valence-electron chi connectivity index (χ2n) is 4.80. The molecule has 0 heterocycles. The third-order valence-corrected chi connectivity index (χ3v) is 3.04. The molecule has 0 bridgehead atoms. The highest BCUT2D eigenvalue weighted by atomic mass is 16.5. The molecule has 0 unspecified atom stereocenters. The van der Waals surface area contributed by atoms with Gasteiger partial charge in [0.1, 0.15) is 24.7 Å². The summed E-state index contributed by atoms with van der Waals surface area (Å²) in [7, 11) is 0. The molecule has 0 amide bonds. The van der Waals surface area contributed by atoms with Crippen LogP contribution in [0.4, 0.5) is 0 Å². The monoisotopic (exact) mass is 286 g/mol. The standard InChI is InChI=1S/C17H18O4/c1-12-4-3-5-14(10-12)20-8-9-21-15-6-7-16(17(18)19)13(2)11-15/h3-7,10-11H,8-9H2,1-2H3,(H,18,19). The van der Waals surface area contributed by atoms with Crippen molar-refractivity contribution in [2.75, 3.05) is 13.2 Å². The van der Waals surface area contributed by atoms with E-state index >= 15 is 0 Å². The van der Waals surface area contributed by atoms with Crippen molar-refractivity contribution in [1.82, 2.24) is 0 Å². The van der Waals surface area contributed by atoms with Gasteiger partial charge in [-0.3, -0.25) is 0 Å². The van der Waals surface area contributed by atoms with Crippen LogP contribution in [0.5, 0.6) is 11.5 Å². The molecule has 0 saturated heterocycles. The number of hydrogen-bond acceptors (Lipinski definition) is 3. The Morgan fingerprint density at radius 3 is 2.24 bits per heavy atom. The number of carboxylic acid groups (broad SMARTS) is 1. The van der Waals surface area contributed by atoms with Crippen LogP contribution in [0.25, 0.3) is 0 Å². The van der Waals surface area contributed by atoms with Gasteiger partial charge in [-0.15, -0.1) is 0 Å². The average Bonchev–Trinajstić information content (AvgIpc) is 2.43. The van der Waals surface area contributed by atoms with E-state index in [0.717, 1.165) is 11.3 Å². The average molecular weight is 286 g/mol. The number of hydrogen-bond donors (Lipinski definition) is 1. The second kappa shape index (κ2) is 6.79. The van der Waals surface area contributed by atoms with Gasteiger partial charge in [-0.25, -0.2) is 4.79 Å². The van der Waals surface area contributed by atoms with Crippen LogP contribution < -0.4 is 9.47 Å². The Labute approximate surface area is 123 Å². The first-order chi connectivity index (χ1) is 10.1. The third kappa shape index (κ3) is 4.24. The van der Waals surface area contributed by atoms with Crippen LogP contribution >= 0.6 is 0 Å². The molecule has 21 heavy (non-hydrogen) atoms. The smallest absolute Gasteiger partial charge is 0.335 e. The van der Waals surface area contributed by atoms with Crippen molar-refractivity contribution in [1.29, 1.82) is 0 Å². The number of carbonyl (C=O) groups is 1. The Hall–Kier alpha value is -2.49. The van der Waals surface area contributed by atoms with E-state index in [4.69, 9.17) is 14.6 Å². The molecule has 4 heteroatoms. The Kier molecular flexibility index (Phi) is 4.82. The van der Waals surface area contributed by atoms with Crippen LogP contribution in [0.15, 0.2) is 42.5 Å². The van der Waals surface area contributed by atoms with Crippen molar-refractivity contribution in [3.63, 3.8) is 0 Å². The molecule has 0 spiro atoms. The minimum atomic E-state index is -0.929. The largest absolute Gasteiger partial charge is 0.490 e. The Morgan fingerprint density at radius 2 is 1.67 bits per heavy atom. The fourth-order valence-corrected chi connectivity index (χ4v) is 1.99. The summed E-state index contributed by atoms with van der Waals surface area (Å²) in [5.41, 5.74) is 2.12. The van der Waals surface area contributed by atoms with E-state index in [0.29, 0.717) is 30.1 Å². The normalized spacial score (nSPS) is 10.2. The van der Waals surface area contributed by atoms with Crippen molar-refractivity contribution < 1.29 is 19.4 Å². The number of ether oxygens (including phenoxy) is 2. The van der Waals surface area contributed by atoms with E-state index in [1.807, 2.05) is 31.2 Å². The number of aromatic carboxylic acids is 1. The summed E-state index contributed by atoms with van der Waals surface area (Å²) in [6, 6.07) is 12.7. The number of rotatable bonds is 6. The summed E-state index contributed by atoms with van der Waals surface area (Å²) in [6.07, 6.45) is 0. The maximum absolute atomic E-state index is 10.9. The maximum atomic E-state index is 10.9. The molecule has 2 rings (SSSR count). The molecular weight excluding hydrogens is 268 g/mol. The third-order valence-electron chi connectivity index (χ3n) is 3.04. The van der Waals surface area contributed by atoms with Crippen LogP contribution in [0, 0.1) is 13.8 Å². The van der Waals surface area contributed by atoms with E-state index < -0.39 is 5.97 Å². The first-order valence-corrected chi connectivity index (χ1v) is 6.72. The van der Waals surface area contributed by atoms with Gasteiger partial charge in [-0.1, -0.05) is 12.1 Å². The van der Waals surface area contributed by atoms with Gasteiger partial charge < -0.3 is 14.6 Å². The Bertz CT molecular complexity index is 634. The van der Waals surface area contributed by atoms with Crippen molar-refractivity contribution in [3.8, 4) is 11.5 Å². The maximum Gasteiger partial charge on any atom is 0.335 e. The van der Waals surface area contributed by atoms with Gasteiger partial charge in [0.05, 0.1) is 5.56 Å². The van der Waals surface area contributed by atoms with E-state index in [-0.39, 0.29) is 0 Å². The molecule has 0 atom stereocenters. The molecule has 1 N–H and O–H groups in total. The van der Waals surface area contributed by atoms with Gasteiger partial charge in [-0.2, -0.15) is 0 Å². The minimum Gasteiger partial charge on any atom is -0.490 e. The van der Waals surface area contributed by atoms with E-state index in [9.17, 15) is 4.79 Å². The molecule has 0 aromatic heterocycles. The zero-order valence-electron chi connectivity index (χ0n) is 12.1. The molecular formula is C17H18O4. The van der Waals surface area contributed by atoms with Gasteiger partial charge in [0.25, 0.3) is 0 Å². The second-order valence-corrected chi connectivity index (χ2v) is 4.80. The first kappa shape index (κ1) is 14.9. The van der Waals surface area contributed by atoms with Gasteiger partial charge in [0.2, 0.25) is 0 Å². The lowest BCUT2D eigenvalue weighted by atomic mass is 10.1. The molecule has 0 fully saturated rings.